The average Bonchev–Trinajstić information content (AvgIpc) is 2.17. The Bertz CT molecular complexity index is 405. The van der Waals surface area contributed by atoms with Gasteiger partial charge in [0.1, 0.15) is 5.41 Å². The summed E-state index contributed by atoms with van der Waals surface area (Å²) in [4.78, 5) is 11.5. The zero-order valence-corrected chi connectivity index (χ0v) is 10.4. The molecule has 0 atom stereocenters. The maximum absolute atomic E-state index is 11.5. The minimum atomic E-state index is -0.587. The number of amides is 1. The topological polar surface area (TPSA) is 52.3 Å². The third-order valence-corrected chi connectivity index (χ3v) is 3.32. The minimum absolute atomic E-state index is 0.291. The maximum Gasteiger partial charge on any atom is 0.232 e. The van der Waals surface area contributed by atoms with E-state index < -0.39 is 5.41 Å². The van der Waals surface area contributed by atoms with Gasteiger partial charge in [0.15, 0.2) is 0 Å². The van der Waals surface area contributed by atoms with Crippen molar-refractivity contribution in [2.24, 2.45) is 11.7 Å². The van der Waals surface area contributed by atoms with Crippen LogP contribution in [0.25, 0.3) is 0 Å². The number of hydrogen-bond donors (Lipinski definition) is 1. The highest BCUT2D eigenvalue weighted by Gasteiger charge is 2.45. The Hall–Kier alpha value is -1.35. The van der Waals surface area contributed by atoms with Crippen LogP contribution >= 0.6 is 0 Å². The van der Waals surface area contributed by atoms with E-state index in [9.17, 15) is 4.79 Å². The highest BCUT2D eigenvalue weighted by Crippen LogP contribution is 2.32. The number of ether oxygens (including phenoxy) is 1. The van der Waals surface area contributed by atoms with Crippen LogP contribution in [0.3, 0.4) is 0 Å². The van der Waals surface area contributed by atoms with E-state index in [2.05, 4.69) is 26.0 Å². The molecule has 0 unspecified atom stereocenters. The summed E-state index contributed by atoms with van der Waals surface area (Å²) in [7, 11) is 0. The van der Waals surface area contributed by atoms with Crippen molar-refractivity contribution in [2.45, 2.75) is 25.7 Å². The van der Waals surface area contributed by atoms with E-state index >= 15 is 0 Å². The SMILES string of the molecule is CC(C)Cc1ccc(C2(C(N)=O)COC2)cc1. The fourth-order valence-corrected chi connectivity index (χ4v) is 2.19. The van der Waals surface area contributed by atoms with Crippen molar-refractivity contribution in [3.63, 3.8) is 0 Å². The zero-order chi connectivity index (χ0) is 12.5. The predicted molar refractivity (Wildman–Crippen MR) is 66.7 cm³/mol. The van der Waals surface area contributed by atoms with E-state index in [4.69, 9.17) is 10.5 Å². The molecule has 3 heteroatoms. The largest absolute Gasteiger partial charge is 0.378 e. The monoisotopic (exact) mass is 233 g/mol. The molecule has 1 aliphatic heterocycles. The van der Waals surface area contributed by atoms with E-state index in [0.717, 1.165) is 12.0 Å². The fourth-order valence-electron chi connectivity index (χ4n) is 2.19. The molecule has 1 heterocycles. The maximum atomic E-state index is 11.5. The molecule has 0 saturated carbocycles. The Balaban J connectivity index is 2.20. The van der Waals surface area contributed by atoms with Crippen LogP contribution in [0.4, 0.5) is 0 Å². The van der Waals surface area contributed by atoms with E-state index in [1.54, 1.807) is 0 Å². The number of benzene rings is 1. The summed E-state index contributed by atoms with van der Waals surface area (Å²) in [6.07, 6.45) is 1.06. The lowest BCUT2D eigenvalue weighted by molar-refractivity contribution is -0.141. The Labute approximate surface area is 102 Å². The minimum Gasteiger partial charge on any atom is -0.378 e. The molecule has 0 radical (unpaired) electrons. The number of hydrogen-bond acceptors (Lipinski definition) is 2. The molecule has 1 saturated heterocycles. The first-order valence-corrected chi connectivity index (χ1v) is 6.02. The Kier molecular flexibility index (Phi) is 3.20. The van der Waals surface area contributed by atoms with Crippen molar-refractivity contribution in [3.05, 3.63) is 35.4 Å². The average molecular weight is 233 g/mol. The first-order chi connectivity index (χ1) is 8.04. The Morgan fingerprint density at radius 2 is 1.94 bits per heavy atom. The summed E-state index contributed by atoms with van der Waals surface area (Å²) >= 11 is 0. The molecule has 17 heavy (non-hydrogen) atoms. The zero-order valence-electron chi connectivity index (χ0n) is 10.4. The van der Waals surface area contributed by atoms with Crippen molar-refractivity contribution in [2.75, 3.05) is 13.2 Å². The number of nitrogens with two attached hydrogens (primary N) is 1. The fraction of sp³-hybridized carbons (Fsp3) is 0.500. The summed E-state index contributed by atoms with van der Waals surface area (Å²) < 4.78 is 5.15. The van der Waals surface area contributed by atoms with Crippen molar-refractivity contribution >= 4 is 5.91 Å². The molecule has 1 aromatic rings. The Morgan fingerprint density at radius 1 is 1.35 bits per heavy atom. The van der Waals surface area contributed by atoms with E-state index in [-0.39, 0.29) is 5.91 Å². The van der Waals surface area contributed by atoms with Gasteiger partial charge in [-0.3, -0.25) is 4.79 Å². The van der Waals surface area contributed by atoms with Crippen LogP contribution in [0.15, 0.2) is 24.3 Å². The molecule has 1 aromatic carbocycles. The third kappa shape index (κ3) is 2.20. The van der Waals surface area contributed by atoms with Gasteiger partial charge in [0.05, 0.1) is 13.2 Å². The summed E-state index contributed by atoms with van der Waals surface area (Å²) in [5.41, 5.74) is 7.15. The summed E-state index contributed by atoms with van der Waals surface area (Å²) in [6, 6.07) is 8.17. The van der Waals surface area contributed by atoms with Crippen LogP contribution in [0.1, 0.15) is 25.0 Å². The first-order valence-electron chi connectivity index (χ1n) is 6.02. The third-order valence-electron chi connectivity index (χ3n) is 3.32. The summed E-state index contributed by atoms with van der Waals surface area (Å²) in [5.74, 6) is 0.346. The molecule has 92 valence electrons. The predicted octanol–water partition coefficient (Wildman–Crippen LogP) is 1.64. The van der Waals surface area contributed by atoms with E-state index in [1.807, 2.05) is 12.1 Å². The van der Waals surface area contributed by atoms with Gasteiger partial charge >= 0.3 is 0 Å². The molecular weight excluding hydrogens is 214 g/mol. The molecule has 0 bridgehead atoms. The van der Waals surface area contributed by atoms with Gasteiger partial charge in [-0.25, -0.2) is 0 Å². The lowest BCUT2D eigenvalue weighted by atomic mass is 9.77. The van der Waals surface area contributed by atoms with Gasteiger partial charge in [0.25, 0.3) is 0 Å². The van der Waals surface area contributed by atoms with Crippen LogP contribution < -0.4 is 5.73 Å². The molecule has 1 fully saturated rings. The van der Waals surface area contributed by atoms with Gasteiger partial charge in [-0.15, -0.1) is 0 Å². The van der Waals surface area contributed by atoms with Gasteiger partial charge in [0, 0.05) is 0 Å². The van der Waals surface area contributed by atoms with Crippen LogP contribution in [0.2, 0.25) is 0 Å². The molecule has 2 rings (SSSR count). The van der Waals surface area contributed by atoms with E-state index in [1.165, 1.54) is 5.56 Å². The normalized spacial score (nSPS) is 17.8. The second-order valence-corrected chi connectivity index (χ2v) is 5.23. The van der Waals surface area contributed by atoms with Crippen molar-refractivity contribution in [3.8, 4) is 0 Å². The van der Waals surface area contributed by atoms with Crippen molar-refractivity contribution in [1.82, 2.24) is 0 Å². The lowest BCUT2D eigenvalue weighted by Gasteiger charge is -2.38. The van der Waals surface area contributed by atoms with Crippen LogP contribution in [0.5, 0.6) is 0 Å². The van der Waals surface area contributed by atoms with Crippen molar-refractivity contribution < 1.29 is 9.53 Å². The standard InChI is InChI=1S/C14H19NO2/c1-10(2)7-11-3-5-12(6-4-11)14(13(15)16)8-17-9-14/h3-6,10H,7-9H2,1-2H3,(H2,15,16). The van der Waals surface area contributed by atoms with Gasteiger partial charge < -0.3 is 10.5 Å². The number of rotatable bonds is 4. The van der Waals surface area contributed by atoms with Crippen LogP contribution in [0, 0.1) is 5.92 Å². The van der Waals surface area contributed by atoms with Gasteiger partial charge in [0.2, 0.25) is 5.91 Å². The lowest BCUT2D eigenvalue weighted by Crippen LogP contribution is -2.56. The van der Waals surface area contributed by atoms with Gasteiger partial charge in [-0.1, -0.05) is 38.1 Å². The molecule has 0 aliphatic carbocycles. The summed E-state index contributed by atoms with van der Waals surface area (Å²) in [5, 5.41) is 0. The van der Waals surface area contributed by atoms with Crippen LogP contribution in [-0.4, -0.2) is 19.1 Å². The second kappa shape index (κ2) is 4.49. The second-order valence-electron chi connectivity index (χ2n) is 5.23. The van der Waals surface area contributed by atoms with E-state index in [0.29, 0.717) is 19.1 Å². The summed E-state index contributed by atoms with van der Waals surface area (Å²) in [6.45, 7) is 5.20. The molecule has 0 aromatic heterocycles. The number of carbonyl (C=O) groups is 1. The van der Waals surface area contributed by atoms with Gasteiger partial charge in [-0.2, -0.15) is 0 Å². The smallest absolute Gasteiger partial charge is 0.232 e. The molecule has 1 aliphatic rings. The Morgan fingerprint density at radius 3 is 2.29 bits per heavy atom. The highest BCUT2D eigenvalue weighted by molar-refractivity contribution is 5.88. The van der Waals surface area contributed by atoms with Gasteiger partial charge in [-0.05, 0) is 23.5 Å². The number of carbonyl (C=O) groups excluding carboxylic acids is 1. The van der Waals surface area contributed by atoms with Crippen LogP contribution in [-0.2, 0) is 21.4 Å². The quantitative estimate of drug-likeness (QED) is 0.859. The molecule has 0 spiro atoms. The molecule has 2 N–H and O–H groups in total. The number of primary amides is 1. The molecular formula is C14H19NO2. The molecule has 1 amide bonds. The van der Waals surface area contributed by atoms with Crippen molar-refractivity contribution in [1.29, 1.82) is 0 Å². The highest BCUT2D eigenvalue weighted by atomic mass is 16.5. The first kappa shape index (κ1) is 12.1. The molecule has 3 nitrogen and oxygen atoms in total.